The summed E-state index contributed by atoms with van der Waals surface area (Å²) in [5, 5.41) is 6.67. The van der Waals surface area contributed by atoms with E-state index in [1.54, 1.807) is 7.05 Å². The molecule has 6 nitrogen and oxygen atoms in total. The molecule has 1 aromatic carbocycles. The lowest BCUT2D eigenvalue weighted by molar-refractivity contribution is 0.0389. The standard InChI is InChI=1S/C18H30N4O2.HI/c1-16-6-3-4-7-17(16)24-13-5-8-20-18(19-2)21-9-10-22-11-14-23-15-12-22;/h3-4,6-7H,5,8-15H2,1-2H3,(H2,19,20,21);1H. The summed E-state index contributed by atoms with van der Waals surface area (Å²) in [6.07, 6.45) is 0.929. The minimum atomic E-state index is 0. The Hall–Kier alpha value is -1.06. The minimum Gasteiger partial charge on any atom is -0.493 e. The van der Waals surface area contributed by atoms with Crippen molar-refractivity contribution in [3.8, 4) is 5.75 Å². The maximum Gasteiger partial charge on any atom is 0.191 e. The first-order chi connectivity index (χ1) is 11.8. The number of halogens is 1. The number of nitrogens with one attached hydrogen (secondary N) is 2. The van der Waals surface area contributed by atoms with Gasteiger partial charge in [0.1, 0.15) is 5.75 Å². The average Bonchev–Trinajstić information content (AvgIpc) is 2.62. The van der Waals surface area contributed by atoms with Gasteiger partial charge in [0.25, 0.3) is 0 Å². The van der Waals surface area contributed by atoms with Gasteiger partial charge >= 0.3 is 0 Å². The molecule has 1 heterocycles. The van der Waals surface area contributed by atoms with E-state index in [0.29, 0.717) is 6.61 Å². The van der Waals surface area contributed by atoms with Crippen molar-refractivity contribution in [2.24, 2.45) is 4.99 Å². The number of ether oxygens (including phenoxy) is 2. The van der Waals surface area contributed by atoms with Crippen molar-refractivity contribution in [1.82, 2.24) is 15.5 Å². The first-order valence-electron chi connectivity index (χ1n) is 8.72. The molecule has 1 aromatic rings. The monoisotopic (exact) mass is 462 g/mol. The number of guanidine groups is 1. The highest BCUT2D eigenvalue weighted by Gasteiger charge is 2.09. The maximum atomic E-state index is 5.79. The zero-order valence-electron chi connectivity index (χ0n) is 15.3. The van der Waals surface area contributed by atoms with E-state index in [0.717, 1.165) is 64.1 Å². The topological polar surface area (TPSA) is 58.1 Å². The van der Waals surface area contributed by atoms with Gasteiger partial charge in [0.05, 0.1) is 19.8 Å². The lowest BCUT2D eigenvalue weighted by atomic mass is 10.2. The Bertz CT molecular complexity index is 508. The van der Waals surface area contributed by atoms with Gasteiger partial charge in [0.15, 0.2) is 5.96 Å². The summed E-state index contributed by atoms with van der Waals surface area (Å²) in [5.41, 5.74) is 1.17. The summed E-state index contributed by atoms with van der Waals surface area (Å²) in [7, 11) is 1.80. The van der Waals surface area contributed by atoms with Crippen LogP contribution in [0.1, 0.15) is 12.0 Å². The van der Waals surface area contributed by atoms with Crippen LogP contribution >= 0.6 is 24.0 Å². The Morgan fingerprint density at radius 2 is 1.92 bits per heavy atom. The fourth-order valence-electron chi connectivity index (χ4n) is 2.56. The largest absolute Gasteiger partial charge is 0.493 e. The molecule has 0 saturated carbocycles. The second kappa shape index (κ2) is 13.2. The molecule has 142 valence electrons. The van der Waals surface area contributed by atoms with E-state index in [1.807, 2.05) is 18.2 Å². The third-order valence-corrected chi connectivity index (χ3v) is 4.01. The zero-order valence-corrected chi connectivity index (χ0v) is 17.6. The van der Waals surface area contributed by atoms with Crippen molar-refractivity contribution < 1.29 is 9.47 Å². The Morgan fingerprint density at radius 3 is 2.64 bits per heavy atom. The molecule has 0 bridgehead atoms. The molecule has 1 saturated heterocycles. The molecular weight excluding hydrogens is 431 g/mol. The van der Waals surface area contributed by atoms with Crippen LogP contribution in [0.3, 0.4) is 0 Å². The predicted octanol–water partition coefficient (Wildman–Crippen LogP) is 1.88. The van der Waals surface area contributed by atoms with Crippen LogP contribution in [0.25, 0.3) is 0 Å². The fourth-order valence-corrected chi connectivity index (χ4v) is 2.56. The van der Waals surface area contributed by atoms with Crippen LogP contribution < -0.4 is 15.4 Å². The number of nitrogens with zero attached hydrogens (tertiary/aromatic N) is 2. The Balaban J connectivity index is 0.00000312. The van der Waals surface area contributed by atoms with Gasteiger partial charge in [0, 0.05) is 39.8 Å². The van der Waals surface area contributed by atoms with Gasteiger partial charge in [-0.3, -0.25) is 9.89 Å². The molecule has 0 radical (unpaired) electrons. The lowest BCUT2D eigenvalue weighted by Gasteiger charge is -2.26. The van der Waals surface area contributed by atoms with Gasteiger partial charge in [-0.25, -0.2) is 0 Å². The first kappa shape index (κ1) is 22.0. The molecule has 1 aliphatic rings. The van der Waals surface area contributed by atoms with Crippen LogP contribution in [-0.4, -0.2) is 70.5 Å². The van der Waals surface area contributed by atoms with E-state index >= 15 is 0 Å². The molecule has 0 spiro atoms. The van der Waals surface area contributed by atoms with Gasteiger partial charge in [-0.15, -0.1) is 24.0 Å². The van der Waals surface area contributed by atoms with Gasteiger partial charge in [-0.2, -0.15) is 0 Å². The van der Waals surface area contributed by atoms with E-state index in [9.17, 15) is 0 Å². The fraction of sp³-hybridized carbons (Fsp3) is 0.611. The third kappa shape index (κ3) is 8.73. The molecule has 1 aliphatic heterocycles. The number of hydrogen-bond donors (Lipinski definition) is 2. The van der Waals surface area contributed by atoms with Crippen LogP contribution in [0, 0.1) is 6.92 Å². The van der Waals surface area contributed by atoms with Gasteiger partial charge < -0.3 is 20.1 Å². The highest BCUT2D eigenvalue weighted by molar-refractivity contribution is 14.0. The zero-order chi connectivity index (χ0) is 17.0. The van der Waals surface area contributed by atoms with Crippen molar-refractivity contribution >= 4 is 29.9 Å². The minimum absolute atomic E-state index is 0. The van der Waals surface area contributed by atoms with Crippen LogP contribution in [0.5, 0.6) is 5.75 Å². The SMILES string of the molecule is CN=C(NCCCOc1ccccc1C)NCCN1CCOCC1.I. The second-order valence-electron chi connectivity index (χ2n) is 5.85. The number of aliphatic imine (C=N–C) groups is 1. The molecule has 7 heteroatoms. The molecule has 0 aromatic heterocycles. The first-order valence-corrected chi connectivity index (χ1v) is 8.72. The van der Waals surface area contributed by atoms with E-state index in [-0.39, 0.29) is 24.0 Å². The highest BCUT2D eigenvalue weighted by Crippen LogP contribution is 2.15. The van der Waals surface area contributed by atoms with Crippen LogP contribution in [-0.2, 0) is 4.74 Å². The van der Waals surface area contributed by atoms with Crippen molar-refractivity contribution in [2.45, 2.75) is 13.3 Å². The van der Waals surface area contributed by atoms with Crippen molar-refractivity contribution in [2.75, 3.05) is 59.6 Å². The van der Waals surface area contributed by atoms with Gasteiger partial charge in [-0.1, -0.05) is 18.2 Å². The van der Waals surface area contributed by atoms with Gasteiger partial charge in [-0.05, 0) is 25.0 Å². The number of morpholine rings is 1. The number of hydrogen-bond acceptors (Lipinski definition) is 4. The van der Waals surface area contributed by atoms with E-state index in [1.165, 1.54) is 5.56 Å². The molecule has 1 fully saturated rings. The van der Waals surface area contributed by atoms with E-state index in [2.05, 4.69) is 33.5 Å². The lowest BCUT2D eigenvalue weighted by Crippen LogP contribution is -2.44. The molecular formula is C18H31IN4O2. The Morgan fingerprint density at radius 1 is 1.20 bits per heavy atom. The summed E-state index contributed by atoms with van der Waals surface area (Å²) in [6.45, 7) is 9.22. The Labute approximate surface area is 168 Å². The molecule has 0 unspecified atom stereocenters. The normalized spacial score (nSPS) is 15.4. The summed E-state index contributed by atoms with van der Waals surface area (Å²) < 4.78 is 11.1. The third-order valence-electron chi connectivity index (χ3n) is 4.01. The van der Waals surface area contributed by atoms with Crippen molar-refractivity contribution in [3.63, 3.8) is 0 Å². The average molecular weight is 462 g/mol. The van der Waals surface area contributed by atoms with Crippen LogP contribution in [0.4, 0.5) is 0 Å². The maximum absolute atomic E-state index is 5.79. The smallest absolute Gasteiger partial charge is 0.191 e. The van der Waals surface area contributed by atoms with E-state index < -0.39 is 0 Å². The summed E-state index contributed by atoms with van der Waals surface area (Å²) in [4.78, 5) is 6.65. The quantitative estimate of drug-likeness (QED) is 0.268. The van der Waals surface area contributed by atoms with Crippen molar-refractivity contribution in [3.05, 3.63) is 29.8 Å². The number of benzene rings is 1. The number of rotatable bonds is 8. The number of aryl methyl sites for hydroxylation is 1. The van der Waals surface area contributed by atoms with E-state index in [4.69, 9.17) is 9.47 Å². The van der Waals surface area contributed by atoms with Crippen molar-refractivity contribution in [1.29, 1.82) is 0 Å². The molecule has 0 amide bonds. The Kier molecular flexibility index (Phi) is 11.6. The summed E-state index contributed by atoms with van der Waals surface area (Å²) >= 11 is 0. The highest BCUT2D eigenvalue weighted by atomic mass is 127. The number of para-hydroxylation sites is 1. The summed E-state index contributed by atoms with van der Waals surface area (Å²) in [6, 6.07) is 8.10. The molecule has 25 heavy (non-hydrogen) atoms. The van der Waals surface area contributed by atoms with Gasteiger partial charge in [0.2, 0.25) is 0 Å². The van der Waals surface area contributed by atoms with Crippen LogP contribution in [0.2, 0.25) is 0 Å². The second-order valence-corrected chi connectivity index (χ2v) is 5.85. The molecule has 0 atom stereocenters. The summed E-state index contributed by atoms with van der Waals surface area (Å²) in [5.74, 6) is 1.81. The molecule has 0 aliphatic carbocycles. The predicted molar refractivity (Wildman–Crippen MR) is 113 cm³/mol. The molecule has 2 N–H and O–H groups in total. The van der Waals surface area contributed by atoms with Crippen LogP contribution in [0.15, 0.2) is 29.3 Å². The molecule has 2 rings (SSSR count).